The second-order valence-electron chi connectivity index (χ2n) is 8.71. The van der Waals surface area contributed by atoms with Crippen LogP contribution in [0.1, 0.15) is 31.2 Å². The molecule has 0 spiro atoms. The van der Waals surface area contributed by atoms with Gasteiger partial charge in [0.1, 0.15) is 5.82 Å². The van der Waals surface area contributed by atoms with Gasteiger partial charge in [0, 0.05) is 50.0 Å². The van der Waals surface area contributed by atoms with Crippen LogP contribution in [0.3, 0.4) is 0 Å². The molecule has 0 saturated carbocycles. The van der Waals surface area contributed by atoms with E-state index >= 15 is 0 Å². The highest BCUT2D eigenvalue weighted by Crippen LogP contribution is 2.25. The lowest BCUT2D eigenvalue weighted by atomic mass is 10.1. The van der Waals surface area contributed by atoms with Crippen LogP contribution in [0.2, 0.25) is 0 Å². The number of para-hydroxylation sites is 1. The number of thioether (sulfide) groups is 1. The second-order valence-corrected chi connectivity index (χ2v) is 10.9. The summed E-state index contributed by atoms with van der Waals surface area (Å²) >= 11 is 13.1. The van der Waals surface area contributed by atoms with Crippen LogP contribution in [0.4, 0.5) is 0 Å². The van der Waals surface area contributed by atoms with E-state index in [9.17, 15) is 9.59 Å². The fraction of sp³-hybridized carbons (Fsp3) is 0.385. The predicted molar refractivity (Wildman–Crippen MR) is 144 cm³/mol. The van der Waals surface area contributed by atoms with E-state index in [4.69, 9.17) is 23.2 Å². The number of nitrogens with zero attached hydrogens (tertiary/aromatic N) is 5. The Bertz CT molecular complexity index is 1160. The number of aromatic nitrogens is 3. The number of hydrogen-bond acceptors (Lipinski definition) is 5. The molecule has 1 unspecified atom stereocenters. The summed E-state index contributed by atoms with van der Waals surface area (Å²) in [5.41, 5.74) is 2.19. The average Bonchev–Trinajstić information content (AvgIpc) is 3.29. The quantitative estimate of drug-likeness (QED) is 0.223. The lowest BCUT2D eigenvalue weighted by Crippen LogP contribution is -2.56. The normalized spacial score (nSPS) is 15.9. The van der Waals surface area contributed by atoms with Crippen molar-refractivity contribution >= 4 is 46.8 Å². The van der Waals surface area contributed by atoms with E-state index in [2.05, 4.69) is 26.9 Å². The summed E-state index contributed by atoms with van der Waals surface area (Å²) < 4.78 is 2.10. The van der Waals surface area contributed by atoms with Crippen LogP contribution in [0.5, 0.6) is 0 Å². The molecule has 10 heteroatoms. The third kappa shape index (κ3) is 6.60. The SMILES string of the molecule is CC1CN(C(=O)CCCSc2nnc(Cc3ccccc3)n2-c2ccccc2)CCN1C(=O)C(Cl)Cl. The monoisotopic (exact) mass is 545 g/mol. The van der Waals surface area contributed by atoms with E-state index in [-0.39, 0.29) is 17.9 Å². The van der Waals surface area contributed by atoms with E-state index in [1.165, 1.54) is 5.56 Å². The smallest absolute Gasteiger partial charge is 0.256 e. The van der Waals surface area contributed by atoms with E-state index in [1.54, 1.807) is 16.7 Å². The summed E-state index contributed by atoms with van der Waals surface area (Å²) in [6.45, 7) is 3.34. The Kier molecular flexibility index (Phi) is 9.29. The molecule has 190 valence electrons. The van der Waals surface area contributed by atoms with E-state index < -0.39 is 4.84 Å². The summed E-state index contributed by atoms with van der Waals surface area (Å²) in [6, 6.07) is 20.2. The number of benzene rings is 2. The van der Waals surface area contributed by atoms with Gasteiger partial charge in [-0.05, 0) is 31.0 Å². The van der Waals surface area contributed by atoms with Gasteiger partial charge in [0.2, 0.25) is 5.91 Å². The largest absolute Gasteiger partial charge is 0.339 e. The zero-order valence-corrected chi connectivity index (χ0v) is 22.4. The first-order valence-corrected chi connectivity index (χ1v) is 13.8. The molecule has 0 bridgehead atoms. The minimum Gasteiger partial charge on any atom is -0.339 e. The third-order valence-electron chi connectivity index (χ3n) is 6.14. The van der Waals surface area contributed by atoms with Gasteiger partial charge < -0.3 is 9.80 Å². The van der Waals surface area contributed by atoms with Crippen LogP contribution in [-0.2, 0) is 16.0 Å². The maximum atomic E-state index is 12.8. The predicted octanol–water partition coefficient (Wildman–Crippen LogP) is 4.59. The number of halogens is 2. The molecule has 1 aromatic heterocycles. The Morgan fingerprint density at radius 3 is 2.39 bits per heavy atom. The van der Waals surface area contributed by atoms with E-state index in [1.807, 2.05) is 60.4 Å². The number of carbonyl (C=O) groups is 2. The highest BCUT2D eigenvalue weighted by molar-refractivity contribution is 7.99. The Morgan fingerprint density at radius 2 is 1.72 bits per heavy atom. The molecule has 7 nitrogen and oxygen atoms in total. The van der Waals surface area contributed by atoms with Gasteiger partial charge in [-0.25, -0.2) is 0 Å². The van der Waals surface area contributed by atoms with Crippen molar-refractivity contribution < 1.29 is 9.59 Å². The molecular formula is C26H29Cl2N5O2S. The molecular weight excluding hydrogens is 517 g/mol. The number of alkyl halides is 2. The number of piperazine rings is 1. The van der Waals surface area contributed by atoms with E-state index in [0.29, 0.717) is 32.5 Å². The van der Waals surface area contributed by atoms with Gasteiger partial charge in [-0.15, -0.1) is 10.2 Å². The zero-order chi connectivity index (χ0) is 25.5. The van der Waals surface area contributed by atoms with Gasteiger partial charge in [-0.1, -0.05) is 83.5 Å². The number of carbonyl (C=O) groups excluding carboxylic acids is 2. The number of amides is 2. The first-order chi connectivity index (χ1) is 17.4. The van der Waals surface area contributed by atoms with Crippen molar-refractivity contribution in [2.24, 2.45) is 0 Å². The van der Waals surface area contributed by atoms with Crippen molar-refractivity contribution in [2.45, 2.75) is 42.2 Å². The lowest BCUT2D eigenvalue weighted by Gasteiger charge is -2.40. The highest BCUT2D eigenvalue weighted by Gasteiger charge is 2.31. The van der Waals surface area contributed by atoms with Gasteiger partial charge in [-0.2, -0.15) is 0 Å². The molecule has 2 heterocycles. The van der Waals surface area contributed by atoms with Crippen molar-refractivity contribution in [1.29, 1.82) is 0 Å². The minimum absolute atomic E-state index is 0.0946. The second kappa shape index (κ2) is 12.6. The van der Waals surface area contributed by atoms with Crippen LogP contribution < -0.4 is 0 Å². The van der Waals surface area contributed by atoms with Gasteiger partial charge in [0.15, 0.2) is 9.99 Å². The Labute approximate surface area is 225 Å². The van der Waals surface area contributed by atoms with Crippen molar-refractivity contribution in [3.8, 4) is 5.69 Å². The van der Waals surface area contributed by atoms with Crippen LogP contribution in [0.15, 0.2) is 65.8 Å². The Balaban J connectivity index is 1.33. The van der Waals surface area contributed by atoms with Gasteiger partial charge in [0.25, 0.3) is 5.91 Å². The van der Waals surface area contributed by atoms with Crippen LogP contribution in [-0.4, -0.2) is 72.6 Å². The molecule has 2 aromatic carbocycles. The molecule has 3 aromatic rings. The summed E-state index contributed by atoms with van der Waals surface area (Å²) in [5, 5.41) is 9.77. The molecule has 1 saturated heterocycles. The molecule has 0 radical (unpaired) electrons. The molecule has 36 heavy (non-hydrogen) atoms. The Hall–Kier alpha value is -2.55. The average molecular weight is 547 g/mol. The lowest BCUT2D eigenvalue weighted by molar-refractivity contribution is -0.141. The molecule has 4 rings (SSSR count). The fourth-order valence-corrected chi connectivity index (χ4v) is 5.47. The van der Waals surface area contributed by atoms with Gasteiger partial charge in [0.05, 0.1) is 0 Å². The molecule has 1 atom stereocenters. The summed E-state index contributed by atoms with van der Waals surface area (Å²) in [6.07, 6.45) is 1.85. The van der Waals surface area contributed by atoms with E-state index in [0.717, 1.165) is 28.8 Å². The summed E-state index contributed by atoms with van der Waals surface area (Å²) in [5.74, 6) is 1.42. The van der Waals surface area contributed by atoms with Crippen LogP contribution in [0.25, 0.3) is 5.69 Å². The van der Waals surface area contributed by atoms with Crippen LogP contribution >= 0.6 is 35.0 Å². The standard InChI is InChI=1S/C26H29Cl2N5O2S/c1-19-18-31(14-15-32(19)25(35)24(27)28)23(34)13-8-16-36-26-30-29-22(17-20-9-4-2-5-10-20)33(26)21-11-6-3-7-12-21/h2-7,9-12,19,24H,8,13-18H2,1H3. The fourth-order valence-electron chi connectivity index (χ4n) is 4.30. The van der Waals surface area contributed by atoms with Crippen molar-refractivity contribution in [3.05, 3.63) is 72.1 Å². The van der Waals surface area contributed by atoms with Crippen molar-refractivity contribution in [3.63, 3.8) is 0 Å². The molecule has 1 fully saturated rings. The summed E-state index contributed by atoms with van der Waals surface area (Å²) in [4.78, 5) is 27.3. The summed E-state index contributed by atoms with van der Waals surface area (Å²) in [7, 11) is 0. The van der Waals surface area contributed by atoms with Gasteiger partial charge in [-0.3, -0.25) is 14.2 Å². The van der Waals surface area contributed by atoms with Crippen molar-refractivity contribution in [2.75, 3.05) is 25.4 Å². The van der Waals surface area contributed by atoms with Crippen LogP contribution in [0, 0.1) is 0 Å². The molecule has 1 aliphatic rings. The third-order valence-corrected chi connectivity index (χ3v) is 7.52. The maximum absolute atomic E-state index is 12.8. The molecule has 0 aliphatic carbocycles. The first kappa shape index (κ1) is 26.5. The number of rotatable bonds is 9. The first-order valence-electron chi connectivity index (χ1n) is 12.0. The molecule has 2 amide bonds. The maximum Gasteiger partial charge on any atom is 0.256 e. The minimum atomic E-state index is -1.07. The highest BCUT2D eigenvalue weighted by atomic mass is 35.5. The number of hydrogen-bond donors (Lipinski definition) is 0. The molecule has 1 aliphatic heterocycles. The topological polar surface area (TPSA) is 71.3 Å². The van der Waals surface area contributed by atoms with Gasteiger partial charge >= 0.3 is 0 Å². The van der Waals surface area contributed by atoms with Crippen molar-refractivity contribution in [1.82, 2.24) is 24.6 Å². The molecule has 0 N–H and O–H groups in total. The zero-order valence-electron chi connectivity index (χ0n) is 20.1. The Morgan fingerprint density at radius 1 is 1.03 bits per heavy atom.